The molecule has 0 aromatic rings. The van der Waals surface area contributed by atoms with Crippen molar-refractivity contribution in [3.8, 4) is 0 Å². The van der Waals surface area contributed by atoms with Gasteiger partial charge in [0.1, 0.15) is 12.2 Å². The third kappa shape index (κ3) is 1.67. The molecule has 0 radical (unpaired) electrons. The fourth-order valence-electron chi connectivity index (χ4n) is 1.39. The minimum Gasteiger partial charge on any atom is -0.377 e. The van der Waals surface area contributed by atoms with E-state index in [2.05, 4.69) is 0 Å². The molecule has 0 saturated carbocycles. The molecule has 5 nitrogen and oxygen atoms in total. The number of nitrogens with one attached hydrogen (secondary N) is 1. The lowest BCUT2D eigenvalue weighted by Gasteiger charge is -2.13. The van der Waals surface area contributed by atoms with Crippen LogP contribution in [0.25, 0.3) is 0 Å². The summed E-state index contributed by atoms with van der Waals surface area (Å²) in [6.07, 6.45) is 0.0535. The molecule has 1 saturated heterocycles. The highest BCUT2D eigenvalue weighted by molar-refractivity contribution is 5.75. The molecule has 0 aromatic carbocycles. The van der Waals surface area contributed by atoms with Crippen LogP contribution in [0.4, 0.5) is 0 Å². The van der Waals surface area contributed by atoms with Crippen molar-refractivity contribution in [1.29, 1.82) is 5.41 Å². The van der Waals surface area contributed by atoms with E-state index in [1.807, 2.05) is 0 Å². The smallest absolute Gasteiger partial charge is 0.188 e. The topological polar surface area (TPSA) is 71.6 Å². The Labute approximate surface area is 71.9 Å². The first-order valence-corrected chi connectivity index (χ1v) is 3.83. The highest BCUT2D eigenvalue weighted by atomic mass is 16.5. The Morgan fingerprint density at radius 1 is 1.33 bits per heavy atom. The van der Waals surface area contributed by atoms with Gasteiger partial charge in [0.15, 0.2) is 5.96 Å². The van der Waals surface area contributed by atoms with Crippen LogP contribution in [0.15, 0.2) is 0 Å². The molecule has 3 N–H and O–H groups in total. The summed E-state index contributed by atoms with van der Waals surface area (Å²) in [6.45, 7) is 1.29. The molecule has 0 aromatic heterocycles. The molecule has 0 spiro atoms. The van der Waals surface area contributed by atoms with E-state index in [0.717, 1.165) is 0 Å². The molecular formula is C7H15N3O2. The van der Waals surface area contributed by atoms with Crippen molar-refractivity contribution < 1.29 is 9.47 Å². The first kappa shape index (κ1) is 9.28. The molecule has 2 atom stereocenters. The standard InChI is InChI=1S/C7H15N3O2/c1-11-5-3-10(7(8)9)4-6(5)12-2/h5-6H,3-4H2,1-2H3,(H3,8,9)/t5-,6+. The van der Waals surface area contributed by atoms with E-state index >= 15 is 0 Å². The third-order valence-electron chi connectivity index (χ3n) is 2.16. The lowest BCUT2D eigenvalue weighted by molar-refractivity contribution is -0.00461. The largest absolute Gasteiger partial charge is 0.377 e. The predicted molar refractivity (Wildman–Crippen MR) is 45.1 cm³/mol. The van der Waals surface area contributed by atoms with Crippen LogP contribution in [0, 0.1) is 5.41 Å². The molecule has 5 heteroatoms. The van der Waals surface area contributed by atoms with Gasteiger partial charge in [0.2, 0.25) is 0 Å². The lowest BCUT2D eigenvalue weighted by Crippen LogP contribution is -2.35. The van der Waals surface area contributed by atoms with Crippen LogP contribution < -0.4 is 5.73 Å². The van der Waals surface area contributed by atoms with Crippen LogP contribution in [-0.2, 0) is 9.47 Å². The molecular weight excluding hydrogens is 158 g/mol. The monoisotopic (exact) mass is 173 g/mol. The average molecular weight is 173 g/mol. The maximum absolute atomic E-state index is 7.21. The van der Waals surface area contributed by atoms with E-state index in [1.54, 1.807) is 19.1 Å². The molecule has 1 rings (SSSR count). The van der Waals surface area contributed by atoms with Crippen LogP contribution in [0.3, 0.4) is 0 Å². The Balaban J connectivity index is 2.53. The molecule has 70 valence electrons. The normalized spacial score (nSPS) is 29.3. The number of rotatable bonds is 2. The van der Waals surface area contributed by atoms with Crippen molar-refractivity contribution in [2.45, 2.75) is 12.2 Å². The molecule has 1 fully saturated rings. The lowest BCUT2D eigenvalue weighted by atomic mass is 10.3. The quantitative estimate of drug-likeness (QED) is 0.424. The molecule has 0 bridgehead atoms. The van der Waals surface area contributed by atoms with Crippen LogP contribution >= 0.6 is 0 Å². The Morgan fingerprint density at radius 2 is 1.75 bits per heavy atom. The maximum Gasteiger partial charge on any atom is 0.188 e. The van der Waals surface area contributed by atoms with Gasteiger partial charge < -0.3 is 20.1 Å². The molecule has 12 heavy (non-hydrogen) atoms. The van der Waals surface area contributed by atoms with Crippen molar-refractivity contribution >= 4 is 5.96 Å². The van der Waals surface area contributed by atoms with Crippen LogP contribution in [0.5, 0.6) is 0 Å². The summed E-state index contributed by atoms with van der Waals surface area (Å²) < 4.78 is 10.4. The molecule has 1 heterocycles. The highest BCUT2D eigenvalue weighted by Crippen LogP contribution is 2.14. The number of ether oxygens (including phenoxy) is 2. The van der Waals surface area contributed by atoms with Gasteiger partial charge in [-0.2, -0.15) is 0 Å². The van der Waals surface area contributed by atoms with Crippen molar-refractivity contribution in [3.63, 3.8) is 0 Å². The molecule has 0 amide bonds. The van der Waals surface area contributed by atoms with Crippen LogP contribution in [0.2, 0.25) is 0 Å². The molecule has 0 unspecified atom stereocenters. The summed E-state index contributed by atoms with van der Waals surface area (Å²) in [4.78, 5) is 1.74. The van der Waals surface area contributed by atoms with Crippen molar-refractivity contribution in [2.24, 2.45) is 5.73 Å². The fourth-order valence-corrected chi connectivity index (χ4v) is 1.39. The highest BCUT2D eigenvalue weighted by Gasteiger charge is 2.33. The van der Waals surface area contributed by atoms with Crippen molar-refractivity contribution in [1.82, 2.24) is 4.90 Å². The summed E-state index contributed by atoms with van der Waals surface area (Å²) >= 11 is 0. The summed E-state index contributed by atoms with van der Waals surface area (Å²) in [6, 6.07) is 0. The second-order valence-corrected chi connectivity index (χ2v) is 2.84. The van der Waals surface area contributed by atoms with E-state index < -0.39 is 0 Å². The minimum atomic E-state index is 0.0268. The number of methoxy groups -OCH3 is 2. The fraction of sp³-hybridized carbons (Fsp3) is 0.857. The first-order chi connectivity index (χ1) is 5.69. The second-order valence-electron chi connectivity index (χ2n) is 2.84. The predicted octanol–water partition coefficient (Wildman–Crippen LogP) is -0.775. The zero-order chi connectivity index (χ0) is 9.14. The van der Waals surface area contributed by atoms with Gasteiger partial charge in [-0.25, -0.2) is 0 Å². The third-order valence-corrected chi connectivity index (χ3v) is 2.16. The Hall–Kier alpha value is -0.810. The van der Waals surface area contributed by atoms with E-state index in [1.165, 1.54) is 0 Å². The summed E-state index contributed by atoms with van der Waals surface area (Å²) in [7, 11) is 3.28. The SMILES string of the molecule is CO[C@H]1CN(C(=N)N)C[C@H]1OC. The van der Waals surface area contributed by atoms with Gasteiger partial charge >= 0.3 is 0 Å². The molecule has 0 aliphatic carbocycles. The number of likely N-dealkylation sites (tertiary alicyclic amines) is 1. The van der Waals surface area contributed by atoms with E-state index in [-0.39, 0.29) is 18.2 Å². The van der Waals surface area contributed by atoms with Gasteiger partial charge in [-0.15, -0.1) is 0 Å². The second kappa shape index (κ2) is 3.73. The van der Waals surface area contributed by atoms with Gasteiger partial charge in [0.05, 0.1) is 0 Å². The number of nitrogens with zero attached hydrogens (tertiary/aromatic N) is 1. The summed E-state index contributed by atoms with van der Waals surface area (Å²) in [5.41, 5.74) is 5.33. The van der Waals surface area contributed by atoms with E-state index in [9.17, 15) is 0 Å². The minimum absolute atomic E-state index is 0.0268. The van der Waals surface area contributed by atoms with Crippen LogP contribution in [0.1, 0.15) is 0 Å². The number of nitrogens with two attached hydrogens (primary N) is 1. The maximum atomic E-state index is 7.21. The number of hydrogen-bond acceptors (Lipinski definition) is 3. The van der Waals surface area contributed by atoms with Gasteiger partial charge in [-0.05, 0) is 0 Å². The molecule has 1 aliphatic heterocycles. The summed E-state index contributed by atoms with van der Waals surface area (Å²) in [5.74, 6) is 0.0802. The van der Waals surface area contributed by atoms with E-state index in [4.69, 9.17) is 20.6 Å². The van der Waals surface area contributed by atoms with Crippen molar-refractivity contribution in [2.75, 3.05) is 27.3 Å². The van der Waals surface area contributed by atoms with Gasteiger partial charge in [-0.1, -0.05) is 0 Å². The Bertz CT molecular complexity index is 162. The van der Waals surface area contributed by atoms with Crippen molar-refractivity contribution in [3.05, 3.63) is 0 Å². The van der Waals surface area contributed by atoms with Crippen LogP contribution in [-0.4, -0.2) is 50.4 Å². The molecule has 1 aliphatic rings. The average Bonchev–Trinajstić information content (AvgIpc) is 2.46. The summed E-state index contributed by atoms with van der Waals surface area (Å²) in [5, 5.41) is 7.21. The zero-order valence-electron chi connectivity index (χ0n) is 7.41. The Morgan fingerprint density at radius 3 is 2.00 bits per heavy atom. The van der Waals surface area contributed by atoms with E-state index in [0.29, 0.717) is 13.1 Å². The van der Waals surface area contributed by atoms with Gasteiger partial charge in [0.25, 0.3) is 0 Å². The number of guanidine groups is 1. The first-order valence-electron chi connectivity index (χ1n) is 3.83. The van der Waals surface area contributed by atoms with Gasteiger partial charge in [-0.3, -0.25) is 5.41 Å². The zero-order valence-corrected chi connectivity index (χ0v) is 7.41. The Kier molecular flexibility index (Phi) is 2.88. The number of hydrogen-bond donors (Lipinski definition) is 2. The van der Waals surface area contributed by atoms with Gasteiger partial charge in [0, 0.05) is 27.3 Å².